The van der Waals surface area contributed by atoms with E-state index >= 15 is 0 Å². The van der Waals surface area contributed by atoms with E-state index < -0.39 is 15.6 Å². The van der Waals surface area contributed by atoms with Gasteiger partial charge in [-0.05, 0) is 51.8 Å². The second-order valence-corrected chi connectivity index (χ2v) is 8.51. The zero-order chi connectivity index (χ0) is 16.2. The number of hydrogen-bond donors (Lipinski definition) is 1. The Morgan fingerprint density at radius 2 is 1.91 bits per heavy atom. The highest BCUT2D eigenvalue weighted by Crippen LogP contribution is 2.22. The number of hydrogen-bond acceptors (Lipinski definition) is 3. The fraction of sp³-hybridized carbons (Fsp3) is 0.647. The van der Waals surface area contributed by atoms with Crippen LogP contribution in [0.2, 0.25) is 0 Å². The molecule has 2 rings (SSSR count). The van der Waals surface area contributed by atoms with Crippen LogP contribution < -0.4 is 4.72 Å². The van der Waals surface area contributed by atoms with Gasteiger partial charge >= 0.3 is 0 Å². The predicted octanol–water partition coefficient (Wildman–Crippen LogP) is 3.01. The molecule has 1 aliphatic heterocycles. The Bertz CT molecular complexity index is 570. The molecule has 22 heavy (non-hydrogen) atoms. The average Bonchev–Trinajstić information content (AvgIpc) is 2.47. The zero-order valence-electron chi connectivity index (χ0n) is 13.9. The number of benzene rings is 1. The molecule has 1 aliphatic rings. The van der Waals surface area contributed by atoms with Gasteiger partial charge in [-0.15, -0.1) is 0 Å². The van der Waals surface area contributed by atoms with Crippen molar-refractivity contribution in [2.45, 2.75) is 62.9 Å². The largest absolute Gasteiger partial charge is 0.299 e. The van der Waals surface area contributed by atoms with Crippen LogP contribution in [-0.4, -0.2) is 38.0 Å². The van der Waals surface area contributed by atoms with Gasteiger partial charge in [0.2, 0.25) is 10.0 Å². The summed E-state index contributed by atoms with van der Waals surface area (Å²) in [7, 11) is -3.47. The lowest BCUT2D eigenvalue weighted by molar-refractivity contribution is 0.115. The maximum Gasteiger partial charge on any atom is 0.241 e. The van der Waals surface area contributed by atoms with Gasteiger partial charge in [-0.1, -0.05) is 31.5 Å². The molecule has 0 spiro atoms. The van der Waals surface area contributed by atoms with Gasteiger partial charge < -0.3 is 0 Å². The normalized spacial score (nSPS) is 21.0. The molecule has 0 saturated carbocycles. The quantitative estimate of drug-likeness (QED) is 0.875. The highest BCUT2D eigenvalue weighted by molar-refractivity contribution is 7.89. The van der Waals surface area contributed by atoms with Gasteiger partial charge in [-0.3, -0.25) is 4.90 Å². The minimum Gasteiger partial charge on any atom is -0.299 e. The van der Waals surface area contributed by atoms with Crippen molar-refractivity contribution in [2.75, 3.05) is 13.1 Å². The summed E-state index contributed by atoms with van der Waals surface area (Å²) in [6.45, 7) is 7.96. The monoisotopic (exact) mass is 324 g/mol. The highest BCUT2D eigenvalue weighted by atomic mass is 32.2. The Labute approximate surface area is 135 Å². The maximum absolute atomic E-state index is 12.5. The van der Waals surface area contributed by atoms with E-state index in [1.165, 1.54) is 19.3 Å². The summed E-state index contributed by atoms with van der Waals surface area (Å²) < 4.78 is 27.9. The summed E-state index contributed by atoms with van der Waals surface area (Å²) in [6.07, 6.45) is 4.84. The van der Waals surface area contributed by atoms with Crippen LogP contribution in [0.15, 0.2) is 35.2 Å². The van der Waals surface area contributed by atoms with Gasteiger partial charge in [0.15, 0.2) is 0 Å². The van der Waals surface area contributed by atoms with Gasteiger partial charge in [0.05, 0.1) is 4.90 Å². The topological polar surface area (TPSA) is 49.4 Å². The lowest BCUT2D eigenvalue weighted by Gasteiger charge is -2.40. The first kappa shape index (κ1) is 17.4. The molecule has 0 bridgehead atoms. The fourth-order valence-corrected chi connectivity index (χ4v) is 4.72. The first-order chi connectivity index (χ1) is 10.3. The third kappa shape index (κ3) is 4.54. The van der Waals surface area contributed by atoms with Crippen molar-refractivity contribution in [1.29, 1.82) is 0 Å². The summed E-state index contributed by atoms with van der Waals surface area (Å²) in [5.41, 5.74) is -0.487. The lowest BCUT2D eigenvalue weighted by Crippen LogP contribution is -2.54. The average molecular weight is 324 g/mol. The summed E-state index contributed by atoms with van der Waals surface area (Å²) in [5, 5.41) is 0. The van der Waals surface area contributed by atoms with Crippen molar-refractivity contribution >= 4 is 10.0 Å². The summed E-state index contributed by atoms with van der Waals surface area (Å²) in [5.74, 6) is 0. The van der Waals surface area contributed by atoms with E-state index in [4.69, 9.17) is 0 Å². The van der Waals surface area contributed by atoms with Crippen LogP contribution in [0.1, 0.15) is 46.5 Å². The van der Waals surface area contributed by atoms with E-state index in [2.05, 4.69) is 16.5 Å². The van der Waals surface area contributed by atoms with Gasteiger partial charge in [-0.2, -0.15) is 0 Å². The number of sulfonamides is 1. The smallest absolute Gasteiger partial charge is 0.241 e. The van der Waals surface area contributed by atoms with Crippen LogP contribution in [0.4, 0.5) is 0 Å². The molecule has 0 aliphatic carbocycles. The van der Waals surface area contributed by atoms with Crippen molar-refractivity contribution in [2.24, 2.45) is 0 Å². The maximum atomic E-state index is 12.5. The zero-order valence-corrected chi connectivity index (χ0v) is 14.7. The van der Waals surface area contributed by atoms with Crippen molar-refractivity contribution in [1.82, 2.24) is 9.62 Å². The molecule has 1 atom stereocenters. The molecule has 4 nitrogen and oxygen atoms in total. The van der Waals surface area contributed by atoms with Gasteiger partial charge in [0.1, 0.15) is 0 Å². The van der Waals surface area contributed by atoms with Crippen molar-refractivity contribution in [3.05, 3.63) is 30.3 Å². The Balaban J connectivity index is 2.07. The molecule has 1 heterocycles. The van der Waals surface area contributed by atoms with E-state index in [1.54, 1.807) is 24.3 Å². The van der Waals surface area contributed by atoms with E-state index in [1.807, 2.05) is 19.9 Å². The SMILES string of the molecule is CCC1CCCCN1CC(C)(C)NS(=O)(=O)c1ccccc1. The van der Waals surface area contributed by atoms with Crippen molar-refractivity contribution in [3.8, 4) is 0 Å². The third-order valence-corrected chi connectivity index (χ3v) is 6.00. The van der Waals surface area contributed by atoms with E-state index in [0.29, 0.717) is 10.9 Å². The summed E-state index contributed by atoms with van der Waals surface area (Å²) in [4.78, 5) is 2.77. The molecule has 0 aromatic heterocycles. The number of nitrogens with one attached hydrogen (secondary N) is 1. The van der Waals surface area contributed by atoms with Crippen LogP contribution in [0, 0.1) is 0 Å². The second kappa shape index (κ2) is 7.11. The first-order valence-electron chi connectivity index (χ1n) is 8.17. The van der Waals surface area contributed by atoms with Gasteiger partial charge in [-0.25, -0.2) is 13.1 Å². The number of likely N-dealkylation sites (tertiary alicyclic amines) is 1. The van der Waals surface area contributed by atoms with Crippen LogP contribution in [0.5, 0.6) is 0 Å². The Morgan fingerprint density at radius 1 is 1.23 bits per heavy atom. The van der Waals surface area contributed by atoms with E-state index in [-0.39, 0.29) is 0 Å². The second-order valence-electron chi connectivity index (χ2n) is 6.83. The van der Waals surface area contributed by atoms with Crippen LogP contribution in [0.3, 0.4) is 0 Å². The number of nitrogens with zero attached hydrogens (tertiary/aromatic N) is 1. The molecule has 1 aromatic carbocycles. The molecule has 1 unspecified atom stereocenters. The predicted molar refractivity (Wildman–Crippen MR) is 90.3 cm³/mol. The van der Waals surface area contributed by atoms with Crippen molar-refractivity contribution in [3.63, 3.8) is 0 Å². The van der Waals surface area contributed by atoms with E-state index in [9.17, 15) is 8.42 Å². The van der Waals surface area contributed by atoms with Crippen molar-refractivity contribution < 1.29 is 8.42 Å². The molecule has 1 fully saturated rings. The molecule has 1 N–H and O–H groups in total. The van der Waals surface area contributed by atoms with E-state index in [0.717, 1.165) is 19.5 Å². The third-order valence-electron chi connectivity index (χ3n) is 4.28. The van der Waals surface area contributed by atoms with Gasteiger partial charge in [0, 0.05) is 18.1 Å². The molecular weight excluding hydrogens is 296 g/mol. The molecular formula is C17H28N2O2S. The summed E-state index contributed by atoms with van der Waals surface area (Å²) in [6, 6.07) is 9.17. The number of rotatable bonds is 6. The minimum atomic E-state index is -3.47. The first-order valence-corrected chi connectivity index (χ1v) is 9.65. The Kier molecular flexibility index (Phi) is 5.64. The molecule has 124 valence electrons. The Morgan fingerprint density at radius 3 is 2.55 bits per heavy atom. The standard InChI is InChI=1S/C17H28N2O2S/c1-4-15-10-8-9-13-19(15)14-17(2,3)18-22(20,21)16-11-6-5-7-12-16/h5-7,11-12,15,18H,4,8-10,13-14H2,1-3H3. The molecule has 0 radical (unpaired) electrons. The molecule has 1 saturated heterocycles. The van der Waals surface area contributed by atoms with Crippen LogP contribution in [0.25, 0.3) is 0 Å². The lowest BCUT2D eigenvalue weighted by atomic mass is 9.97. The number of piperidine rings is 1. The van der Waals surface area contributed by atoms with Gasteiger partial charge in [0.25, 0.3) is 0 Å². The highest BCUT2D eigenvalue weighted by Gasteiger charge is 2.31. The van der Waals surface area contributed by atoms with Crippen LogP contribution in [-0.2, 0) is 10.0 Å². The molecule has 5 heteroatoms. The molecule has 0 amide bonds. The minimum absolute atomic E-state index is 0.328. The molecule has 1 aromatic rings. The summed E-state index contributed by atoms with van der Waals surface area (Å²) >= 11 is 0. The van der Waals surface area contributed by atoms with Crippen LogP contribution >= 0.6 is 0 Å². The Hall–Kier alpha value is -0.910. The fourth-order valence-electron chi connectivity index (χ4n) is 3.29.